The van der Waals surface area contributed by atoms with E-state index in [9.17, 15) is 0 Å². The van der Waals surface area contributed by atoms with E-state index >= 15 is 0 Å². The van der Waals surface area contributed by atoms with Crippen molar-refractivity contribution in [1.82, 2.24) is 9.78 Å². The lowest BCUT2D eigenvalue weighted by molar-refractivity contribution is 0.281. The molecular formula is C15H21N3O. The molecule has 0 aliphatic carbocycles. The number of nitrogens with zero attached hydrogens (tertiary/aromatic N) is 2. The minimum Gasteiger partial charge on any atom is -0.392 e. The van der Waals surface area contributed by atoms with Gasteiger partial charge in [-0.05, 0) is 31.9 Å². The normalized spacial score (nSPS) is 12.7. The van der Waals surface area contributed by atoms with Crippen molar-refractivity contribution < 1.29 is 5.11 Å². The molecule has 1 aromatic heterocycles. The Balaban J connectivity index is 2.08. The molecule has 1 atom stereocenters. The van der Waals surface area contributed by atoms with Crippen molar-refractivity contribution >= 4 is 5.69 Å². The Hall–Kier alpha value is -1.81. The zero-order valence-corrected chi connectivity index (χ0v) is 11.7. The maximum absolute atomic E-state index is 9.16. The fraction of sp³-hybridized carbons (Fsp3) is 0.400. The average Bonchev–Trinajstić information content (AvgIpc) is 2.87. The van der Waals surface area contributed by atoms with Crippen LogP contribution in [0.1, 0.15) is 44.0 Å². The molecule has 0 saturated carbocycles. The van der Waals surface area contributed by atoms with E-state index in [1.165, 1.54) is 0 Å². The van der Waals surface area contributed by atoms with Crippen molar-refractivity contribution in [3.05, 3.63) is 47.8 Å². The molecule has 2 N–H and O–H groups in total. The number of rotatable bonds is 5. The number of aliphatic hydroxyl groups excluding tert-OH is 1. The summed E-state index contributed by atoms with van der Waals surface area (Å²) in [7, 11) is 0. The van der Waals surface area contributed by atoms with Gasteiger partial charge in [-0.15, -0.1) is 0 Å². The molecule has 0 fully saturated rings. The van der Waals surface area contributed by atoms with Crippen LogP contribution in [0.5, 0.6) is 0 Å². The summed E-state index contributed by atoms with van der Waals surface area (Å²) in [6.45, 7) is 6.38. The van der Waals surface area contributed by atoms with Crippen LogP contribution in [0, 0.1) is 0 Å². The Labute approximate surface area is 114 Å². The van der Waals surface area contributed by atoms with E-state index < -0.39 is 0 Å². The van der Waals surface area contributed by atoms with Crippen LogP contribution in [0.2, 0.25) is 0 Å². The van der Waals surface area contributed by atoms with E-state index in [1.807, 2.05) is 35.3 Å². The zero-order chi connectivity index (χ0) is 13.8. The number of hydrogen-bond donors (Lipinski definition) is 2. The number of anilines is 1. The largest absolute Gasteiger partial charge is 0.392 e. The minimum atomic E-state index is 0.0752. The van der Waals surface area contributed by atoms with Gasteiger partial charge in [-0.1, -0.05) is 24.3 Å². The lowest BCUT2D eigenvalue weighted by Gasteiger charge is -2.15. The van der Waals surface area contributed by atoms with Crippen LogP contribution in [0.4, 0.5) is 5.69 Å². The summed E-state index contributed by atoms with van der Waals surface area (Å²) in [4.78, 5) is 0. The van der Waals surface area contributed by atoms with Crippen molar-refractivity contribution in [2.75, 3.05) is 5.32 Å². The van der Waals surface area contributed by atoms with Crippen LogP contribution in [0.3, 0.4) is 0 Å². The SMILES string of the molecule is CC(Nc1cnn(C(C)C)c1)c1cccc(CO)c1. The van der Waals surface area contributed by atoms with Crippen LogP contribution in [-0.2, 0) is 6.61 Å². The second-order valence-electron chi connectivity index (χ2n) is 5.07. The highest BCUT2D eigenvalue weighted by molar-refractivity contribution is 5.42. The van der Waals surface area contributed by atoms with Gasteiger partial charge >= 0.3 is 0 Å². The van der Waals surface area contributed by atoms with Gasteiger partial charge in [-0.3, -0.25) is 4.68 Å². The van der Waals surface area contributed by atoms with Crippen LogP contribution >= 0.6 is 0 Å². The molecular weight excluding hydrogens is 238 g/mol. The first kappa shape index (κ1) is 13.6. The van der Waals surface area contributed by atoms with Gasteiger partial charge in [0.05, 0.1) is 18.5 Å². The van der Waals surface area contributed by atoms with Crippen LogP contribution in [0.15, 0.2) is 36.7 Å². The Morgan fingerprint density at radius 1 is 1.32 bits per heavy atom. The molecule has 0 saturated heterocycles. The lowest BCUT2D eigenvalue weighted by atomic mass is 10.1. The molecule has 1 unspecified atom stereocenters. The van der Waals surface area contributed by atoms with Gasteiger partial charge < -0.3 is 10.4 Å². The first-order valence-corrected chi connectivity index (χ1v) is 6.60. The molecule has 0 bridgehead atoms. The first-order chi connectivity index (χ1) is 9.10. The van der Waals surface area contributed by atoms with Gasteiger partial charge in [0.15, 0.2) is 0 Å². The molecule has 4 heteroatoms. The van der Waals surface area contributed by atoms with Crippen LogP contribution in [0.25, 0.3) is 0 Å². The Morgan fingerprint density at radius 3 is 2.74 bits per heavy atom. The summed E-state index contributed by atoms with van der Waals surface area (Å²) in [5.41, 5.74) is 3.10. The summed E-state index contributed by atoms with van der Waals surface area (Å²) < 4.78 is 1.93. The van der Waals surface area contributed by atoms with E-state index in [0.717, 1.165) is 16.8 Å². The second-order valence-corrected chi connectivity index (χ2v) is 5.07. The van der Waals surface area contributed by atoms with Crippen molar-refractivity contribution in [3.63, 3.8) is 0 Å². The fourth-order valence-corrected chi connectivity index (χ4v) is 1.99. The maximum atomic E-state index is 9.16. The molecule has 4 nitrogen and oxygen atoms in total. The summed E-state index contributed by atoms with van der Waals surface area (Å²) in [6, 6.07) is 8.51. The minimum absolute atomic E-state index is 0.0752. The molecule has 19 heavy (non-hydrogen) atoms. The quantitative estimate of drug-likeness (QED) is 0.867. The van der Waals surface area contributed by atoms with E-state index in [0.29, 0.717) is 6.04 Å². The maximum Gasteiger partial charge on any atom is 0.0731 e. The average molecular weight is 259 g/mol. The Kier molecular flexibility index (Phi) is 4.22. The van der Waals surface area contributed by atoms with Crippen LogP contribution < -0.4 is 5.32 Å². The monoisotopic (exact) mass is 259 g/mol. The molecule has 1 heterocycles. The third-order valence-electron chi connectivity index (χ3n) is 3.15. The molecule has 0 aliphatic rings. The molecule has 0 amide bonds. The molecule has 0 aliphatic heterocycles. The van der Waals surface area contributed by atoms with Gasteiger partial charge in [-0.25, -0.2) is 0 Å². The summed E-state index contributed by atoms with van der Waals surface area (Å²) in [5.74, 6) is 0. The number of nitrogens with one attached hydrogen (secondary N) is 1. The van der Waals surface area contributed by atoms with Gasteiger partial charge in [0.2, 0.25) is 0 Å². The van der Waals surface area contributed by atoms with Crippen molar-refractivity contribution in [1.29, 1.82) is 0 Å². The third-order valence-corrected chi connectivity index (χ3v) is 3.15. The predicted molar refractivity (Wildman–Crippen MR) is 77.0 cm³/mol. The topological polar surface area (TPSA) is 50.1 Å². The molecule has 2 aromatic rings. The third kappa shape index (κ3) is 3.35. The van der Waals surface area contributed by atoms with Gasteiger partial charge in [0.25, 0.3) is 0 Å². The standard InChI is InChI=1S/C15H21N3O/c1-11(2)18-9-15(8-16-18)17-12(3)14-6-4-5-13(7-14)10-19/h4-9,11-12,17,19H,10H2,1-3H3. The number of aromatic nitrogens is 2. The van der Waals surface area contributed by atoms with Crippen molar-refractivity contribution in [2.45, 2.75) is 39.5 Å². The van der Waals surface area contributed by atoms with E-state index in [2.05, 4.69) is 37.3 Å². The molecule has 1 aromatic carbocycles. The van der Waals surface area contributed by atoms with E-state index in [-0.39, 0.29) is 12.6 Å². The summed E-state index contributed by atoms with van der Waals surface area (Å²) in [6.07, 6.45) is 3.85. The molecule has 102 valence electrons. The second kappa shape index (κ2) is 5.89. The van der Waals surface area contributed by atoms with Gasteiger partial charge in [0.1, 0.15) is 0 Å². The lowest BCUT2D eigenvalue weighted by Crippen LogP contribution is -2.06. The number of aliphatic hydroxyl groups is 1. The molecule has 2 rings (SSSR count). The smallest absolute Gasteiger partial charge is 0.0731 e. The van der Waals surface area contributed by atoms with E-state index in [4.69, 9.17) is 5.11 Å². The zero-order valence-electron chi connectivity index (χ0n) is 11.7. The van der Waals surface area contributed by atoms with E-state index in [1.54, 1.807) is 0 Å². The number of hydrogen-bond acceptors (Lipinski definition) is 3. The Bertz CT molecular complexity index is 534. The van der Waals surface area contributed by atoms with Crippen molar-refractivity contribution in [2.24, 2.45) is 0 Å². The number of benzene rings is 1. The van der Waals surface area contributed by atoms with Gasteiger partial charge in [-0.2, -0.15) is 5.10 Å². The Morgan fingerprint density at radius 2 is 2.11 bits per heavy atom. The summed E-state index contributed by atoms with van der Waals surface area (Å²) >= 11 is 0. The highest BCUT2D eigenvalue weighted by Crippen LogP contribution is 2.20. The molecule has 0 spiro atoms. The van der Waals surface area contributed by atoms with Gasteiger partial charge in [0, 0.05) is 18.3 Å². The predicted octanol–water partition coefficient (Wildman–Crippen LogP) is 3.13. The van der Waals surface area contributed by atoms with Crippen molar-refractivity contribution in [3.8, 4) is 0 Å². The first-order valence-electron chi connectivity index (χ1n) is 6.60. The summed E-state index contributed by atoms with van der Waals surface area (Å²) in [5, 5.41) is 16.9. The molecule has 0 radical (unpaired) electrons. The fourth-order valence-electron chi connectivity index (χ4n) is 1.99. The van der Waals surface area contributed by atoms with Crippen LogP contribution in [-0.4, -0.2) is 14.9 Å². The highest BCUT2D eigenvalue weighted by atomic mass is 16.3. The highest BCUT2D eigenvalue weighted by Gasteiger charge is 2.08.